The van der Waals surface area contributed by atoms with Gasteiger partial charge < -0.3 is 14.9 Å². The minimum absolute atomic E-state index is 0.000313. The van der Waals surface area contributed by atoms with Crippen molar-refractivity contribution in [2.45, 2.75) is 26.2 Å². The number of carbonyl (C=O) groups excluding carboxylic acids is 3. The molecule has 144 valence electrons. The first-order valence-electron chi connectivity index (χ1n) is 9.10. The smallest absolute Gasteiger partial charge is 0.198 e. The number of aliphatic hydroxyl groups is 1. The molecule has 0 aliphatic heterocycles. The van der Waals surface area contributed by atoms with Gasteiger partial charge >= 0.3 is 0 Å². The van der Waals surface area contributed by atoms with Crippen LogP contribution in [0.1, 0.15) is 56.3 Å². The van der Waals surface area contributed by atoms with Crippen LogP contribution in [-0.4, -0.2) is 41.3 Å². The van der Waals surface area contributed by atoms with E-state index in [4.69, 9.17) is 4.74 Å². The molecule has 2 N–H and O–H groups in total. The lowest BCUT2D eigenvalue weighted by Gasteiger charge is -2.34. The molecule has 0 saturated heterocycles. The Morgan fingerprint density at radius 2 is 1.79 bits per heavy atom. The van der Waals surface area contributed by atoms with Crippen LogP contribution in [0.15, 0.2) is 24.3 Å². The van der Waals surface area contributed by atoms with Crippen molar-refractivity contribution in [2.24, 2.45) is 5.41 Å². The number of carbonyl (C=O) groups is 3. The summed E-state index contributed by atoms with van der Waals surface area (Å²) in [6, 6.07) is 6.19. The van der Waals surface area contributed by atoms with Crippen LogP contribution in [0.5, 0.6) is 11.5 Å². The molecule has 2 aromatic carbocycles. The van der Waals surface area contributed by atoms with Gasteiger partial charge in [0.1, 0.15) is 6.61 Å². The number of phenolic OH excluding ortho intramolecular Hbond substituents is 1. The highest BCUT2D eigenvalue weighted by atomic mass is 16.5. The van der Waals surface area contributed by atoms with Gasteiger partial charge in [-0.15, -0.1) is 0 Å². The lowest BCUT2D eigenvalue weighted by Crippen LogP contribution is -2.36. The molecule has 2 aliphatic rings. The van der Waals surface area contributed by atoms with Crippen LogP contribution in [-0.2, 0) is 17.6 Å². The lowest BCUT2D eigenvalue weighted by molar-refractivity contribution is -0.131. The molecule has 6 heteroatoms. The summed E-state index contributed by atoms with van der Waals surface area (Å²) in [5, 5.41) is 19.3. The molecule has 0 bridgehead atoms. The van der Waals surface area contributed by atoms with E-state index in [9.17, 15) is 24.6 Å². The SMILES string of the molecule is COc1c(O)ccc2c1C(=O)c1cc3c(cc1C2=O)CC(C)(C(=O)CO)CC3. The zero-order valence-electron chi connectivity index (χ0n) is 15.7. The Kier molecular flexibility index (Phi) is 4.12. The second-order valence-corrected chi connectivity index (χ2v) is 7.68. The number of aryl methyl sites for hydroxylation is 1. The Balaban J connectivity index is 1.85. The molecule has 1 unspecified atom stereocenters. The first-order valence-corrected chi connectivity index (χ1v) is 9.10. The molecule has 2 aromatic rings. The lowest BCUT2D eigenvalue weighted by atomic mass is 9.69. The highest BCUT2D eigenvalue weighted by molar-refractivity contribution is 6.29. The fourth-order valence-corrected chi connectivity index (χ4v) is 4.28. The summed E-state index contributed by atoms with van der Waals surface area (Å²) in [5.74, 6) is -1.09. The Labute approximate surface area is 161 Å². The van der Waals surface area contributed by atoms with Gasteiger partial charge in [-0.25, -0.2) is 0 Å². The number of rotatable bonds is 3. The average molecular weight is 380 g/mol. The number of methoxy groups -OCH3 is 1. The molecule has 0 radical (unpaired) electrons. The maximum atomic E-state index is 13.1. The standard InChI is InChI=1S/C22H20O6/c1-22(17(25)10-23)6-5-11-7-15-14(8-12(11)9-22)19(26)13-3-4-16(24)21(28-2)18(13)20(15)27/h3-4,7-8,23-24H,5-6,9-10H2,1-2H3. The highest BCUT2D eigenvalue weighted by Crippen LogP contribution is 2.42. The number of Topliss-reactive ketones (excluding diaryl/α,β-unsaturated/α-hetero) is 1. The first-order chi connectivity index (χ1) is 13.3. The van der Waals surface area contributed by atoms with E-state index in [0.717, 1.165) is 11.1 Å². The Hall–Kier alpha value is -2.99. The van der Waals surface area contributed by atoms with Gasteiger partial charge in [-0.1, -0.05) is 6.92 Å². The van der Waals surface area contributed by atoms with Crippen molar-refractivity contribution in [3.8, 4) is 11.5 Å². The molecule has 0 heterocycles. The van der Waals surface area contributed by atoms with E-state index in [-0.39, 0.29) is 45.5 Å². The van der Waals surface area contributed by atoms with E-state index in [1.54, 1.807) is 12.1 Å². The summed E-state index contributed by atoms with van der Waals surface area (Å²) in [6.07, 6.45) is 1.57. The minimum atomic E-state index is -0.676. The van der Waals surface area contributed by atoms with Crippen molar-refractivity contribution in [1.82, 2.24) is 0 Å². The molecular weight excluding hydrogens is 360 g/mol. The maximum absolute atomic E-state index is 13.1. The molecule has 4 rings (SSSR count). The van der Waals surface area contributed by atoms with Crippen molar-refractivity contribution < 1.29 is 29.3 Å². The van der Waals surface area contributed by atoms with Crippen molar-refractivity contribution >= 4 is 17.3 Å². The number of ketones is 3. The van der Waals surface area contributed by atoms with Gasteiger partial charge in [0.05, 0.1) is 12.7 Å². The number of hydrogen-bond acceptors (Lipinski definition) is 6. The monoisotopic (exact) mass is 380 g/mol. The van der Waals surface area contributed by atoms with Crippen LogP contribution in [0, 0.1) is 5.41 Å². The average Bonchev–Trinajstić information content (AvgIpc) is 2.69. The van der Waals surface area contributed by atoms with Crippen LogP contribution in [0.2, 0.25) is 0 Å². The molecular formula is C22H20O6. The number of hydrogen-bond donors (Lipinski definition) is 2. The Bertz CT molecular complexity index is 1050. The summed E-state index contributed by atoms with van der Waals surface area (Å²) in [7, 11) is 1.34. The van der Waals surface area contributed by atoms with Crippen LogP contribution in [0.4, 0.5) is 0 Å². The number of aromatic hydroxyl groups is 1. The third kappa shape index (κ3) is 2.48. The van der Waals surface area contributed by atoms with Crippen molar-refractivity contribution in [1.29, 1.82) is 0 Å². The van der Waals surface area contributed by atoms with E-state index in [0.29, 0.717) is 24.8 Å². The van der Waals surface area contributed by atoms with Crippen LogP contribution in [0.25, 0.3) is 0 Å². The van der Waals surface area contributed by atoms with Crippen LogP contribution in [0.3, 0.4) is 0 Å². The molecule has 0 spiro atoms. The van der Waals surface area contributed by atoms with E-state index in [1.165, 1.54) is 19.2 Å². The molecule has 28 heavy (non-hydrogen) atoms. The molecule has 0 fully saturated rings. The van der Waals surface area contributed by atoms with Gasteiger partial charge in [0.25, 0.3) is 0 Å². The molecule has 0 amide bonds. The van der Waals surface area contributed by atoms with Gasteiger partial charge in [0.2, 0.25) is 0 Å². The fourth-order valence-electron chi connectivity index (χ4n) is 4.28. The molecule has 1 atom stereocenters. The van der Waals surface area contributed by atoms with Crippen molar-refractivity contribution in [3.05, 3.63) is 57.6 Å². The maximum Gasteiger partial charge on any atom is 0.198 e. The van der Waals surface area contributed by atoms with Crippen LogP contribution >= 0.6 is 0 Å². The molecule has 2 aliphatic carbocycles. The zero-order chi connectivity index (χ0) is 20.2. The fraction of sp³-hybridized carbons (Fsp3) is 0.318. The number of benzene rings is 2. The van der Waals surface area contributed by atoms with E-state index in [2.05, 4.69) is 0 Å². The van der Waals surface area contributed by atoms with E-state index >= 15 is 0 Å². The van der Waals surface area contributed by atoms with Gasteiger partial charge in [-0.2, -0.15) is 0 Å². The summed E-state index contributed by atoms with van der Waals surface area (Å²) in [6.45, 7) is 1.31. The van der Waals surface area contributed by atoms with Crippen molar-refractivity contribution in [2.75, 3.05) is 13.7 Å². The van der Waals surface area contributed by atoms with Gasteiger partial charge in [-0.05, 0) is 54.7 Å². The number of aliphatic hydroxyl groups excluding tert-OH is 1. The predicted molar refractivity (Wildman–Crippen MR) is 100 cm³/mol. The van der Waals surface area contributed by atoms with E-state index < -0.39 is 12.0 Å². The second-order valence-electron chi connectivity index (χ2n) is 7.68. The molecule has 0 saturated carbocycles. The minimum Gasteiger partial charge on any atom is -0.504 e. The summed E-state index contributed by atoms with van der Waals surface area (Å²) in [4.78, 5) is 38.4. The largest absolute Gasteiger partial charge is 0.504 e. The van der Waals surface area contributed by atoms with Crippen molar-refractivity contribution in [3.63, 3.8) is 0 Å². The Morgan fingerprint density at radius 3 is 2.46 bits per heavy atom. The third-order valence-corrected chi connectivity index (χ3v) is 5.99. The molecule has 6 nitrogen and oxygen atoms in total. The summed E-state index contributed by atoms with van der Waals surface area (Å²) >= 11 is 0. The number of ether oxygens (including phenoxy) is 1. The normalized spacial score (nSPS) is 20.2. The topological polar surface area (TPSA) is 101 Å². The number of fused-ring (bicyclic) bond motifs is 3. The Morgan fingerprint density at radius 1 is 1.11 bits per heavy atom. The number of phenols is 1. The quantitative estimate of drug-likeness (QED) is 0.723. The zero-order valence-corrected chi connectivity index (χ0v) is 15.7. The van der Waals surface area contributed by atoms with Gasteiger partial charge in [0.15, 0.2) is 28.8 Å². The second kappa shape index (κ2) is 6.27. The van der Waals surface area contributed by atoms with E-state index in [1.807, 2.05) is 6.92 Å². The van der Waals surface area contributed by atoms with Gasteiger partial charge in [-0.3, -0.25) is 14.4 Å². The summed E-state index contributed by atoms with van der Waals surface area (Å²) in [5.41, 5.74) is 1.95. The highest BCUT2D eigenvalue weighted by Gasteiger charge is 2.39. The predicted octanol–water partition coefficient (Wildman–Crippen LogP) is 2.23. The third-order valence-electron chi connectivity index (χ3n) is 5.99. The summed E-state index contributed by atoms with van der Waals surface area (Å²) < 4.78 is 5.17. The van der Waals surface area contributed by atoms with Gasteiger partial charge in [0, 0.05) is 22.1 Å². The first kappa shape index (κ1) is 18.4. The van der Waals surface area contributed by atoms with Crippen LogP contribution < -0.4 is 4.74 Å². The molecule has 0 aromatic heterocycles.